The van der Waals surface area contributed by atoms with Crippen molar-refractivity contribution in [2.45, 2.75) is 108 Å². The van der Waals surface area contributed by atoms with E-state index in [1.807, 2.05) is 4.90 Å². The predicted molar refractivity (Wildman–Crippen MR) is 225 cm³/mol. The van der Waals surface area contributed by atoms with Gasteiger partial charge in [-0.2, -0.15) is 0 Å². The number of oxime groups is 1. The van der Waals surface area contributed by atoms with Gasteiger partial charge in [-0.15, -0.1) is 6.58 Å². The van der Waals surface area contributed by atoms with Crippen molar-refractivity contribution < 1.29 is 49.2 Å². The Morgan fingerprint density at radius 1 is 1.00 bits per heavy atom. The number of ether oxygens (including phenoxy) is 3. The Morgan fingerprint density at radius 2 is 1.75 bits per heavy atom. The Kier molecular flexibility index (Phi) is 16.5. The maximum Gasteiger partial charge on any atom is 0.269 e. The summed E-state index contributed by atoms with van der Waals surface area (Å²) >= 11 is 0. The van der Waals surface area contributed by atoms with Gasteiger partial charge < -0.3 is 44.4 Å². The first-order valence-corrected chi connectivity index (χ1v) is 21.8. The minimum atomic E-state index is -1.45. The standard InChI is InChI=1S/C46H63N3O11/c1-2-25-58-46-42(48(21-26-57-27-24-52)43(54)20-15-32-9-3-4-10-32)30-40(47-59-31-33-13-16-35(17-14-33)49(55)56)38-28-34(11-5-7-22-50)37(12-6-8-23-51)44(45(38)46)39-29-36(53)18-19-41(39)60-46/h2,13-14,16-19,28-29,32,34,37,42,44-45,50-53H,1,3-12,15,20-27,30-31H2. The highest BCUT2D eigenvalue weighted by molar-refractivity contribution is 6.03. The molecule has 6 rings (SSSR count). The van der Waals surface area contributed by atoms with E-state index >= 15 is 0 Å². The number of hydrogen-bond donors (Lipinski definition) is 4. The quantitative estimate of drug-likeness (QED) is 0.0371. The van der Waals surface area contributed by atoms with Crippen molar-refractivity contribution >= 4 is 17.3 Å². The number of amides is 1. The minimum absolute atomic E-state index is 0.000539. The largest absolute Gasteiger partial charge is 0.508 e. The summed E-state index contributed by atoms with van der Waals surface area (Å²) in [6, 6.07) is 10.5. The fourth-order valence-corrected chi connectivity index (χ4v) is 10.1. The fourth-order valence-electron chi connectivity index (χ4n) is 10.1. The van der Waals surface area contributed by atoms with Crippen LogP contribution in [0, 0.1) is 33.8 Å². The van der Waals surface area contributed by atoms with E-state index in [0.29, 0.717) is 42.2 Å². The molecule has 6 unspecified atom stereocenters. The zero-order valence-corrected chi connectivity index (χ0v) is 34.7. The highest BCUT2D eigenvalue weighted by Gasteiger charge is 2.65. The van der Waals surface area contributed by atoms with Crippen LogP contribution in [0.3, 0.4) is 0 Å². The van der Waals surface area contributed by atoms with Gasteiger partial charge in [0.2, 0.25) is 11.7 Å². The smallest absolute Gasteiger partial charge is 0.269 e. The van der Waals surface area contributed by atoms with Crippen LogP contribution in [0.2, 0.25) is 0 Å². The van der Waals surface area contributed by atoms with Gasteiger partial charge in [-0.3, -0.25) is 14.9 Å². The van der Waals surface area contributed by atoms with Gasteiger partial charge in [0.05, 0.1) is 43.0 Å². The normalized spacial score (nSPS) is 25.2. The van der Waals surface area contributed by atoms with Crippen LogP contribution in [-0.2, 0) is 25.7 Å². The molecule has 0 aromatic heterocycles. The number of nitro benzene ring substituents is 1. The number of aliphatic hydroxyl groups is 3. The minimum Gasteiger partial charge on any atom is -0.508 e. The van der Waals surface area contributed by atoms with Gasteiger partial charge >= 0.3 is 0 Å². The molecule has 0 spiro atoms. The summed E-state index contributed by atoms with van der Waals surface area (Å²) in [5, 5.41) is 56.4. The van der Waals surface area contributed by atoms with Gasteiger partial charge in [0.15, 0.2) is 0 Å². The lowest BCUT2D eigenvalue weighted by atomic mass is 9.55. The van der Waals surface area contributed by atoms with Crippen molar-refractivity contribution in [2.75, 3.05) is 46.2 Å². The number of phenolic OH excluding ortho intramolecular Hbond substituents is 1. The Balaban J connectivity index is 1.51. The van der Waals surface area contributed by atoms with E-state index in [-0.39, 0.29) is 94.3 Å². The third-order valence-electron chi connectivity index (χ3n) is 12.9. The molecule has 14 heteroatoms. The highest BCUT2D eigenvalue weighted by atomic mass is 16.7. The van der Waals surface area contributed by atoms with E-state index in [9.17, 15) is 35.3 Å². The summed E-state index contributed by atoms with van der Waals surface area (Å²) in [5.41, 5.74) is 2.96. The summed E-state index contributed by atoms with van der Waals surface area (Å²) in [6.07, 6.45) is 14.1. The van der Waals surface area contributed by atoms with E-state index in [1.54, 1.807) is 36.4 Å². The lowest BCUT2D eigenvalue weighted by Crippen LogP contribution is -2.70. The van der Waals surface area contributed by atoms with Crippen molar-refractivity contribution in [3.8, 4) is 11.5 Å². The van der Waals surface area contributed by atoms with Crippen LogP contribution in [0.25, 0.3) is 0 Å². The second-order valence-corrected chi connectivity index (χ2v) is 16.6. The molecule has 1 aliphatic heterocycles. The number of nitrogens with zero attached hydrogens (tertiary/aromatic N) is 3. The van der Waals surface area contributed by atoms with Crippen LogP contribution in [0.4, 0.5) is 5.69 Å². The van der Waals surface area contributed by atoms with Crippen LogP contribution >= 0.6 is 0 Å². The number of hydrogen-bond acceptors (Lipinski definition) is 12. The second-order valence-electron chi connectivity index (χ2n) is 16.6. The summed E-state index contributed by atoms with van der Waals surface area (Å²) < 4.78 is 20.0. The number of non-ortho nitro benzene ring substituents is 1. The van der Waals surface area contributed by atoms with Crippen molar-refractivity contribution in [3.05, 3.63) is 88.0 Å². The number of carbonyl (C=O) groups is 1. The number of unbranched alkanes of at least 4 members (excludes halogenated alkanes) is 2. The number of allylic oxidation sites excluding steroid dienone is 1. The average Bonchev–Trinajstić information content (AvgIpc) is 3.78. The van der Waals surface area contributed by atoms with Crippen molar-refractivity contribution in [2.24, 2.45) is 28.8 Å². The molecule has 2 saturated carbocycles. The molecule has 60 heavy (non-hydrogen) atoms. The number of phenols is 1. The van der Waals surface area contributed by atoms with Crippen molar-refractivity contribution in [3.63, 3.8) is 0 Å². The molecular formula is C46H63N3O11. The molecule has 2 fully saturated rings. The van der Waals surface area contributed by atoms with Gasteiger partial charge in [-0.25, -0.2) is 0 Å². The first-order chi connectivity index (χ1) is 29.2. The first-order valence-electron chi connectivity index (χ1n) is 21.8. The van der Waals surface area contributed by atoms with E-state index in [0.717, 1.165) is 56.1 Å². The van der Waals surface area contributed by atoms with Gasteiger partial charge in [0, 0.05) is 56.2 Å². The summed E-state index contributed by atoms with van der Waals surface area (Å²) in [6.45, 7) is 4.63. The van der Waals surface area contributed by atoms with Crippen LogP contribution in [-0.4, -0.2) is 99.9 Å². The van der Waals surface area contributed by atoms with E-state index < -0.39 is 22.7 Å². The molecule has 1 amide bonds. The molecule has 3 aliphatic carbocycles. The van der Waals surface area contributed by atoms with E-state index in [2.05, 4.69) is 12.7 Å². The molecule has 14 nitrogen and oxygen atoms in total. The van der Waals surface area contributed by atoms with Gasteiger partial charge in [-0.05, 0) is 91.3 Å². The lowest BCUT2D eigenvalue weighted by Gasteiger charge is -2.60. The Bertz CT molecular complexity index is 1800. The summed E-state index contributed by atoms with van der Waals surface area (Å²) in [4.78, 5) is 33.6. The zero-order valence-electron chi connectivity index (χ0n) is 34.7. The number of benzene rings is 2. The predicted octanol–water partition coefficient (Wildman–Crippen LogP) is 6.94. The molecular weight excluding hydrogens is 771 g/mol. The molecule has 0 saturated heterocycles. The van der Waals surface area contributed by atoms with Crippen LogP contribution in [0.5, 0.6) is 11.5 Å². The number of aromatic hydroxyl groups is 1. The maximum atomic E-state index is 14.8. The Morgan fingerprint density at radius 3 is 2.45 bits per heavy atom. The summed E-state index contributed by atoms with van der Waals surface area (Å²) in [7, 11) is 0. The third-order valence-corrected chi connectivity index (χ3v) is 12.9. The van der Waals surface area contributed by atoms with Gasteiger partial charge in [0.25, 0.3) is 5.69 Å². The number of nitro groups is 1. The van der Waals surface area contributed by atoms with Crippen LogP contribution in [0.15, 0.2) is 71.9 Å². The maximum absolute atomic E-state index is 14.8. The van der Waals surface area contributed by atoms with Crippen LogP contribution < -0.4 is 4.74 Å². The topological polar surface area (TPSA) is 194 Å². The Hall–Kier alpha value is -4.34. The third kappa shape index (κ3) is 10.6. The molecule has 1 heterocycles. The molecule has 328 valence electrons. The van der Waals surface area contributed by atoms with Crippen LogP contribution in [0.1, 0.15) is 101 Å². The molecule has 4 N–H and O–H groups in total. The SMILES string of the molecule is C=CCOC12Oc3ccc(O)cc3C3C(CCCCO)C(CCCCO)C=C(C(=NOCc4ccc([N+](=O)[O-])cc4)CC1N(CCOCCO)C(=O)CCC1CCCC1)C32. The Labute approximate surface area is 353 Å². The molecule has 6 atom stereocenters. The molecule has 4 aliphatic rings. The van der Waals surface area contributed by atoms with Gasteiger partial charge in [0.1, 0.15) is 24.1 Å². The zero-order chi connectivity index (χ0) is 42.5. The lowest BCUT2D eigenvalue weighted by molar-refractivity contribution is -0.384. The van der Waals surface area contributed by atoms with E-state index in [1.165, 1.54) is 25.0 Å². The molecule has 2 aromatic rings. The number of carbonyl (C=O) groups excluding carboxylic acids is 1. The number of fused-ring (bicyclic) bond motifs is 2. The van der Waals surface area contributed by atoms with Crippen molar-refractivity contribution in [1.29, 1.82) is 0 Å². The molecule has 0 bridgehead atoms. The van der Waals surface area contributed by atoms with E-state index in [4.69, 9.17) is 24.2 Å². The summed E-state index contributed by atoms with van der Waals surface area (Å²) in [5.74, 6) is -1.19. The monoisotopic (exact) mass is 833 g/mol. The van der Waals surface area contributed by atoms with Gasteiger partial charge in [-0.1, -0.05) is 55.8 Å². The van der Waals surface area contributed by atoms with Crippen molar-refractivity contribution in [1.82, 2.24) is 4.90 Å². The highest BCUT2D eigenvalue weighted by Crippen LogP contribution is 2.62. The average molecular weight is 834 g/mol. The number of rotatable bonds is 24. The molecule has 2 aromatic carbocycles. The number of aliphatic hydroxyl groups excluding tert-OH is 3. The molecule has 0 radical (unpaired) electrons. The fraction of sp³-hybridized carbons (Fsp3) is 0.609. The second kappa shape index (κ2) is 22.0. The first kappa shape index (κ1) is 45.2.